The van der Waals surface area contributed by atoms with Crippen molar-refractivity contribution in [3.63, 3.8) is 0 Å². The summed E-state index contributed by atoms with van der Waals surface area (Å²) in [5.41, 5.74) is 1.94. The largest absolute Gasteiger partial charge is 0.312 e. The first-order valence-corrected chi connectivity index (χ1v) is 8.03. The molecule has 0 radical (unpaired) electrons. The Morgan fingerprint density at radius 3 is 2.11 bits per heavy atom. The number of nitrogens with one attached hydrogen (secondary N) is 1. The molecule has 108 valence electrons. The Hall–Kier alpha value is -0.340. The quantitative estimate of drug-likeness (QED) is 0.759. The zero-order valence-electron chi connectivity index (χ0n) is 13.0. The molecule has 1 rings (SSSR count). The van der Waals surface area contributed by atoms with Gasteiger partial charge in [-0.3, -0.25) is 0 Å². The summed E-state index contributed by atoms with van der Waals surface area (Å²) < 4.78 is 1.15. The molecule has 19 heavy (non-hydrogen) atoms. The lowest BCUT2D eigenvalue weighted by atomic mass is 9.79. The standard InChI is InChI=1S/C17H28BrN/c1-6-11-17(5,13-19-16(2,3)4)12-14-7-9-15(18)10-8-14/h7-10,19H,6,11-13H2,1-5H3. The fourth-order valence-electron chi connectivity index (χ4n) is 2.42. The molecule has 1 atom stereocenters. The van der Waals surface area contributed by atoms with Crippen molar-refractivity contribution < 1.29 is 0 Å². The van der Waals surface area contributed by atoms with Gasteiger partial charge in [0.1, 0.15) is 0 Å². The second-order valence-corrected chi connectivity index (χ2v) is 7.88. The van der Waals surface area contributed by atoms with Gasteiger partial charge in [-0.1, -0.05) is 48.3 Å². The number of hydrogen-bond donors (Lipinski definition) is 1. The Bertz CT molecular complexity index is 377. The minimum Gasteiger partial charge on any atom is -0.312 e. The van der Waals surface area contributed by atoms with Crippen LogP contribution in [0.2, 0.25) is 0 Å². The maximum atomic E-state index is 3.67. The van der Waals surface area contributed by atoms with Crippen LogP contribution in [-0.2, 0) is 6.42 Å². The van der Waals surface area contributed by atoms with Crippen LogP contribution in [0.3, 0.4) is 0 Å². The van der Waals surface area contributed by atoms with E-state index in [4.69, 9.17) is 0 Å². The van der Waals surface area contributed by atoms with Crippen LogP contribution in [0.25, 0.3) is 0 Å². The molecule has 0 saturated carbocycles. The van der Waals surface area contributed by atoms with E-state index in [0.29, 0.717) is 5.41 Å². The van der Waals surface area contributed by atoms with Crippen LogP contribution < -0.4 is 5.32 Å². The fraction of sp³-hybridized carbons (Fsp3) is 0.647. The number of benzene rings is 1. The average molecular weight is 326 g/mol. The summed E-state index contributed by atoms with van der Waals surface area (Å²) >= 11 is 3.50. The van der Waals surface area contributed by atoms with Gasteiger partial charge in [-0.25, -0.2) is 0 Å². The van der Waals surface area contributed by atoms with Crippen molar-refractivity contribution in [2.45, 2.75) is 59.4 Å². The molecule has 1 nitrogen and oxygen atoms in total. The SMILES string of the molecule is CCCC(C)(CNC(C)(C)C)Cc1ccc(Br)cc1. The molecule has 0 aromatic heterocycles. The highest BCUT2D eigenvalue weighted by Crippen LogP contribution is 2.28. The molecule has 0 saturated heterocycles. The molecule has 0 fully saturated rings. The zero-order chi connectivity index (χ0) is 14.5. The second kappa shape index (κ2) is 6.90. The van der Waals surface area contributed by atoms with Gasteiger partial charge < -0.3 is 5.32 Å². The minimum absolute atomic E-state index is 0.189. The van der Waals surface area contributed by atoms with E-state index in [-0.39, 0.29) is 5.54 Å². The van der Waals surface area contributed by atoms with Crippen LogP contribution in [-0.4, -0.2) is 12.1 Å². The highest BCUT2D eigenvalue weighted by Gasteiger charge is 2.25. The summed E-state index contributed by atoms with van der Waals surface area (Å²) in [6, 6.07) is 8.74. The topological polar surface area (TPSA) is 12.0 Å². The number of rotatable bonds is 6. The van der Waals surface area contributed by atoms with Gasteiger partial charge >= 0.3 is 0 Å². The van der Waals surface area contributed by atoms with E-state index >= 15 is 0 Å². The fourth-order valence-corrected chi connectivity index (χ4v) is 2.68. The maximum absolute atomic E-state index is 3.67. The summed E-state index contributed by atoms with van der Waals surface area (Å²) in [6.07, 6.45) is 3.63. The van der Waals surface area contributed by atoms with Gasteiger partial charge in [0.25, 0.3) is 0 Å². The monoisotopic (exact) mass is 325 g/mol. The van der Waals surface area contributed by atoms with Gasteiger partial charge in [0.2, 0.25) is 0 Å². The van der Waals surface area contributed by atoms with Crippen molar-refractivity contribution in [1.82, 2.24) is 5.32 Å². The van der Waals surface area contributed by atoms with E-state index in [2.05, 4.69) is 80.1 Å². The van der Waals surface area contributed by atoms with E-state index in [1.54, 1.807) is 0 Å². The highest BCUT2D eigenvalue weighted by molar-refractivity contribution is 9.10. The van der Waals surface area contributed by atoms with Gasteiger partial charge in [-0.05, 0) is 56.7 Å². The third-order valence-corrected chi connectivity index (χ3v) is 3.97. The molecule has 0 aliphatic rings. The molecule has 0 bridgehead atoms. The molecule has 1 unspecified atom stereocenters. The molecule has 1 N–H and O–H groups in total. The van der Waals surface area contributed by atoms with Crippen molar-refractivity contribution in [2.24, 2.45) is 5.41 Å². The van der Waals surface area contributed by atoms with E-state index in [9.17, 15) is 0 Å². The van der Waals surface area contributed by atoms with E-state index in [1.165, 1.54) is 18.4 Å². The Labute approximate surface area is 127 Å². The van der Waals surface area contributed by atoms with Crippen LogP contribution >= 0.6 is 15.9 Å². The van der Waals surface area contributed by atoms with E-state index < -0.39 is 0 Å². The van der Waals surface area contributed by atoms with Crippen LogP contribution in [0.5, 0.6) is 0 Å². The first-order chi connectivity index (χ1) is 8.74. The lowest BCUT2D eigenvalue weighted by Gasteiger charge is -2.34. The molecular formula is C17H28BrN. The number of halogens is 1. The molecule has 0 aliphatic heterocycles. The van der Waals surface area contributed by atoms with Gasteiger partial charge in [0, 0.05) is 16.6 Å². The first kappa shape index (κ1) is 16.7. The van der Waals surface area contributed by atoms with Crippen LogP contribution in [0, 0.1) is 5.41 Å². The molecule has 0 aliphatic carbocycles. The van der Waals surface area contributed by atoms with Crippen molar-refractivity contribution in [3.05, 3.63) is 34.3 Å². The molecule has 1 aromatic carbocycles. The smallest absolute Gasteiger partial charge is 0.0175 e. The van der Waals surface area contributed by atoms with Gasteiger partial charge in [-0.15, -0.1) is 0 Å². The summed E-state index contributed by atoms with van der Waals surface area (Å²) in [5, 5.41) is 3.67. The zero-order valence-corrected chi connectivity index (χ0v) is 14.6. The maximum Gasteiger partial charge on any atom is 0.0175 e. The molecule has 0 spiro atoms. The van der Waals surface area contributed by atoms with Crippen molar-refractivity contribution in [1.29, 1.82) is 0 Å². The summed E-state index contributed by atoms with van der Waals surface area (Å²) in [5.74, 6) is 0. The van der Waals surface area contributed by atoms with Gasteiger partial charge in [0.15, 0.2) is 0 Å². The molecule has 0 amide bonds. The normalized spacial score (nSPS) is 15.3. The molecule has 2 heteroatoms. The Kier molecular flexibility index (Phi) is 6.07. The summed E-state index contributed by atoms with van der Waals surface area (Å²) in [7, 11) is 0. The summed E-state index contributed by atoms with van der Waals surface area (Å²) in [6.45, 7) is 12.4. The van der Waals surface area contributed by atoms with Crippen molar-refractivity contribution in [2.75, 3.05) is 6.54 Å². The van der Waals surface area contributed by atoms with Crippen LogP contribution in [0.1, 0.15) is 53.0 Å². The summed E-state index contributed by atoms with van der Waals surface area (Å²) in [4.78, 5) is 0. The minimum atomic E-state index is 0.189. The predicted molar refractivity (Wildman–Crippen MR) is 88.6 cm³/mol. The second-order valence-electron chi connectivity index (χ2n) is 6.97. The van der Waals surface area contributed by atoms with Gasteiger partial charge in [-0.2, -0.15) is 0 Å². The Balaban J connectivity index is 2.72. The van der Waals surface area contributed by atoms with E-state index in [1.807, 2.05) is 0 Å². The average Bonchev–Trinajstić information content (AvgIpc) is 2.30. The molecule has 0 heterocycles. The van der Waals surface area contributed by atoms with Crippen molar-refractivity contribution >= 4 is 15.9 Å². The van der Waals surface area contributed by atoms with Crippen molar-refractivity contribution in [3.8, 4) is 0 Å². The predicted octanol–water partition coefficient (Wildman–Crippen LogP) is 5.19. The first-order valence-electron chi connectivity index (χ1n) is 7.24. The third-order valence-electron chi connectivity index (χ3n) is 3.44. The Morgan fingerprint density at radius 1 is 1.05 bits per heavy atom. The van der Waals surface area contributed by atoms with E-state index in [0.717, 1.165) is 17.4 Å². The van der Waals surface area contributed by atoms with Crippen LogP contribution in [0.4, 0.5) is 0 Å². The highest BCUT2D eigenvalue weighted by atomic mass is 79.9. The molecular weight excluding hydrogens is 298 g/mol. The third kappa shape index (κ3) is 6.58. The lowest BCUT2D eigenvalue weighted by molar-refractivity contribution is 0.244. The Morgan fingerprint density at radius 2 is 1.63 bits per heavy atom. The van der Waals surface area contributed by atoms with Crippen LogP contribution in [0.15, 0.2) is 28.7 Å². The van der Waals surface area contributed by atoms with Gasteiger partial charge in [0.05, 0.1) is 0 Å². The lowest BCUT2D eigenvalue weighted by Crippen LogP contribution is -2.43. The molecule has 1 aromatic rings. The number of hydrogen-bond acceptors (Lipinski definition) is 1.